The molecule has 4 rings (SSSR count). The summed E-state index contributed by atoms with van der Waals surface area (Å²) in [5, 5.41) is 3.71. The number of nitrogens with zero attached hydrogens (tertiary/aromatic N) is 2. The Kier molecular flexibility index (Phi) is 5.59. The van der Waals surface area contributed by atoms with Gasteiger partial charge in [0, 0.05) is 24.7 Å². The fourth-order valence-electron chi connectivity index (χ4n) is 2.80. The van der Waals surface area contributed by atoms with E-state index in [2.05, 4.69) is 15.3 Å². The molecule has 0 spiro atoms. The van der Waals surface area contributed by atoms with Crippen LogP contribution in [0.1, 0.15) is 12.3 Å². The van der Waals surface area contributed by atoms with Crippen LogP contribution in [0.25, 0.3) is 21.5 Å². The van der Waals surface area contributed by atoms with E-state index in [1.807, 2.05) is 18.2 Å². The van der Waals surface area contributed by atoms with Crippen LogP contribution >= 0.6 is 22.9 Å². The Hall–Kier alpha value is -2.75. The molecule has 154 valence electrons. The zero-order chi connectivity index (χ0) is 21.3. The highest BCUT2D eigenvalue weighted by molar-refractivity contribution is 7.90. The second kappa shape index (κ2) is 8.17. The number of aromatic nitrogens is 2. The molecule has 4 aromatic rings. The molecular weight excluding hydrogens is 446 g/mol. The second-order valence-electron chi connectivity index (χ2n) is 6.57. The van der Waals surface area contributed by atoms with Crippen molar-refractivity contribution in [3.8, 4) is 11.3 Å². The fourth-order valence-corrected chi connectivity index (χ4v) is 4.67. The standard InChI is InChI=1S/C20H16ClN3O4S2/c1-30(26,27)12-6-7-15-17(10-12)29-20(23-15)24-18(25)8-9-19-22-11-16(28-19)13-4-2-3-5-14(13)21/h2-7,10-11H,8-9H2,1H3,(H,23,24,25). The Morgan fingerprint density at radius 2 is 2.03 bits per heavy atom. The third kappa shape index (κ3) is 4.53. The number of benzene rings is 2. The van der Waals surface area contributed by atoms with Crippen LogP contribution in [-0.4, -0.2) is 30.5 Å². The number of halogens is 1. The monoisotopic (exact) mass is 461 g/mol. The maximum Gasteiger partial charge on any atom is 0.226 e. The minimum Gasteiger partial charge on any atom is -0.441 e. The number of fused-ring (bicyclic) bond motifs is 1. The van der Waals surface area contributed by atoms with Crippen LogP contribution in [0.5, 0.6) is 0 Å². The van der Waals surface area contributed by atoms with Crippen molar-refractivity contribution in [1.82, 2.24) is 9.97 Å². The molecule has 0 aliphatic heterocycles. The smallest absolute Gasteiger partial charge is 0.226 e. The van der Waals surface area contributed by atoms with Crippen LogP contribution in [0.2, 0.25) is 5.02 Å². The molecule has 2 heterocycles. The molecule has 2 aromatic carbocycles. The van der Waals surface area contributed by atoms with Crippen molar-refractivity contribution in [1.29, 1.82) is 0 Å². The number of thiazole rings is 1. The van der Waals surface area contributed by atoms with E-state index in [4.69, 9.17) is 16.0 Å². The average molecular weight is 462 g/mol. The molecule has 0 radical (unpaired) electrons. The molecule has 0 saturated carbocycles. The molecule has 0 aliphatic rings. The van der Waals surface area contributed by atoms with E-state index in [0.29, 0.717) is 38.4 Å². The van der Waals surface area contributed by atoms with Gasteiger partial charge in [0.25, 0.3) is 0 Å². The number of hydrogen-bond acceptors (Lipinski definition) is 7. The van der Waals surface area contributed by atoms with Crippen molar-refractivity contribution in [2.24, 2.45) is 0 Å². The van der Waals surface area contributed by atoms with Gasteiger partial charge in [-0.15, -0.1) is 0 Å². The van der Waals surface area contributed by atoms with Crippen LogP contribution in [0.4, 0.5) is 5.13 Å². The molecule has 0 saturated heterocycles. The normalized spacial score (nSPS) is 11.7. The van der Waals surface area contributed by atoms with Gasteiger partial charge >= 0.3 is 0 Å². The molecule has 10 heteroatoms. The summed E-state index contributed by atoms with van der Waals surface area (Å²) in [5.41, 5.74) is 1.37. The molecule has 0 atom stereocenters. The molecule has 7 nitrogen and oxygen atoms in total. The number of hydrogen-bond donors (Lipinski definition) is 1. The van der Waals surface area contributed by atoms with Crippen LogP contribution < -0.4 is 5.32 Å². The number of anilines is 1. The predicted octanol–water partition coefficient (Wildman–Crippen LogP) is 4.58. The summed E-state index contributed by atoms with van der Waals surface area (Å²) in [4.78, 5) is 21.0. The quantitative estimate of drug-likeness (QED) is 0.451. The molecule has 0 aliphatic carbocycles. The SMILES string of the molecule is CS(=O)(=O)c1ccc2nc(NC(=O)CCc3ncc(-c4ccccc4Cl)o3)sc2c1. The number of carbonyl (C=O) groups is 1. The topological polar surface area (TPSA) is 102 Å². The van der Waals surface area contributed by atoms with Crippen LogP contribution in [0.3, 0.4) is 0 Å². The van der Waals surface area contributed by atoms with Gasteiger partial charge in [0.15, 0.2) is 26.6 Å². The van der Waals surface area contributed by atoms with E-state index in [1.165, 1.54) is 17.4 Å². The molecule has 1 N–H and O–H groups in total. The van der Waals surface area contributed by atoms with E-state index in [1.54, 1.807) is 24.4 Å². The van der Waals surface area contributed by atoms with Gasteiger partial charge in [-0.1, -0.05) is 35.1 Å². The van der Waals surface area contributed by atoms with E-state index in [9.17, 15) is 13.2 Å². The number of rotatable bonds is 6. The number of nitrogens with one attached hydrogen (secondary N) is 1. The lowest BCUT2D eigenvalue weighted by molar-refractivity contribution is -0.116. The maximum atomic E-state index is 12.3. The van der Waals surface area contributed by atoms with Crippen molar-refractivity contribution in [2.45, 2.75) is 17.7 Å². The Labute approximate surface area is 181 Å². The average Bonchev–Trinajstić information content (AvgIpc) is 3.31. The van der Waals surface area contributed by atoms with Gasteiger partial charge in [0.05, 0.1) is 26.3 Å². The Morgan fingerprint density at radius 1 is 1.23 bits per heavy atom. The summed E-state index contributed by atoms with van der Waals surface area (Å²) in [5.74, 6) is 0.737. The molecule has 0 unspecified atom stereocenters. The van der Waals surface area contributed by atoms with E-state index in [0.717, 1.165) is 11.8 Å². The first-order chi connectivity index (χ1) is 14.3. The van der Waals surface area contributed by atoms with Crippen molar-refractivity contribution < 1.29 is 17.6 Å². The van der Waals surface area contributed by atoms with Crippen molar-refractivity contribution in [2.75, 3.05) is 11.6 Å². The zero-order valence-electron chi connectivity index (χ0n) is 15.8. The maximum absolute atomic E-state index is 12.3. The summed E-state index contributed by atoms with van der Waals surface area (Å²) in [7, 11) is -3.30. The fraction of sp³-hybridized carbons (Fsp3) is 0.150. The number of oxazole rings is 1. The van der Waals surface area contributed by atoms with Crippen LogP contribution in [-0.2, 0) is 21.1 Å². The summed E-state index contributed by atoms with van der Waals surface area (Å²) in [6.45, 7) is 0. The minimum absolute atomic E-state index is 0.160. The van der Waals surface area contributed by atoms with Gasteiger partial charge in [0.2, 0.25) is 5.91 Å². The van der Waals surface area contributed by atoms with Gasteiger partial charge in [0.1, 0.15) is 0 Å². The molecule has 2 aromatic heterocycles. The molecule has 0 bridgehead atoms. The summed E-state index contributed by atoms with van der Waals surface area (Å²) < 4.78 is 29.8. The first-order valence-corrected chi connectivity index (χ1v) is 12.0. The number of carbonyl (C=O) groups excluding carboxylic acids is 1. The molecule has 30 heavy (non-hydrogen) atoms. The predicted molar refractivity (Wildman–Crippen MR) is 117 cm³/mol. The lowest BCUT2D eigenvalue weighted by atomic mass is 10.2. The van der Waals surface area contributed by atoms with E-state index < -0.39 is 9.84 Å². The van der Waals surface area contributed by atoms with Crippen molar-refractivity contribution in [3.05, 3.63) is 59.6 Å². The third-order valence-electron chi connectivity index (χ3n) is 4.29. The summed E-state index contributed by atoms with van der Waals surface area (Å²) >= 11 is 7.38. The first-order valence-electron chi connectivity index (χ1n) is 8.90. The third-order valence-corrected chi connectivity index (χ3v) is 6.67. The highest BCUT2D eigenvalue weighted by Crippen LogP contribution is 2.29. The highest BCUT2D eigenvalue weighted by Gasteiger charge is 2.14. The Balaban J connectivity index is 1.40. The van der Waals surface area contributed by atoms with Crippen molar-refractivity contribution >= 4 is 54.0 Å². The zero-order valence-corrected chi connectivity index (χ0v) is 18.1. The second-order valence-corrected chi connectivity index (χ2v) is 10.0. The van der Waals surface area contributed by atoms with Crippen LogP contribution in [0, 0.1) is 0 Å². The van der Waals surface area contributed by atoms with Gasteiger partial charge in [-0.2, -0.15) is 0 Å². The molecule has 0 fully saturated rings. The largest absolute Gasteiger partial charge is 0.441 e. The highest BCUT2D eigenvalue weighted by atomic mass is 35.5. The number of sulfone groups is 1. The van der Waals surface area contributed by atoms with Gasteiger partial charge in [-0.3, -0.25) is 4.79 Å². The number of amides is 1. The number of aryl methyl sites for hydroxylation is 1. The van der Waals surface area contributed by atoms with Gasteiger partial charge in [-0.25, -0.2) is 18.4 Å². The lowest BCUT2D eigenvalue weighted by Gasteiger charge is -2.00. The van der Waals surface area contributed by atoms with Crippen LogP contribution in [0.15, 0.2) is 58.0 Å². The van der Waals surface area contributed by atoms with E-state index >= 15 is 0 Å². The Morgan fingerprint density at radius 3 is 2.80 bits per heavy atom. The Bertz CT molecular complexity index is 1350. The molecular formula is C20H16ClN3O4S2. The first kappa shape index (κ1) is 20.5. The summed E-state index contributed by atoms with van der Waals surface area (Å²) in [6.07, 6.45) is 3.21. The minimum atomic E-state index is -3.30. The summed E-state index contributed by atoms with van der Waals surface area (Å²) in [6, 6.07) is 12.0. The van der Waals surface area contributed by atoms with E-state index in [-0.39, 0.29) is 17.2 Å². The lowest BCUT2D eigenvalue weighted by Crippen LogP contribution is -2.12. The molecule has 1 amide bonds. The van der Waals surface area contributed by atoms with Gasteiger partial charge in [-0.05, 0) is 30.3 Å². The van der Waals surface area contributed by atoms with Gasteiger partial charge < -0.3 is 9.73 Å². The van der Waals surface area contributed by atoms with Crippen molar-refractivity contribution in [3.63, 3.8) is 0 Å².